The molecule has 0 saturated heterocycles. The van der Waals surface area contributed by atoms with Crippen LogP contribution in [0.2, 0.25) is 0 Å². The van der Waals surface area contributed by atoms with E-state index in [0.29, 0.717) is 0 Å². The molecule has 26 heavy (non-hydrogen) atoms. The summed E-state index contributed by atoms with van der Waals surface area (Å²) >= 11 is 0. The molecule has 0 fully saturated rings. The van der Waals surface area contributed by atoms with E-state index in [1.807, 2.05) is 6.20 Å². The van der Waals surface area contributed by atoms with E-state index in [9.17, 15) is 0 Å². The first-order chi connectivity index (χ1) is 12.7. The summed E-state index contributed by atoms with van der Waals surface area (Å²) in [5, 5.41) is 3.56. The SMILES string of the molecule is CC1=CCCc2ccnc(NCC3=CCC(c4ccccc4)N=C3C)c21. The third-order valence-electron chi connectivity index (χ3n) is 5.33. The van der Waals surface area contributed by atoms with Crippen molar-refractivity contribution in [3.63, 3.8) is 0 Å². The Kier molecular flexibility index (Phi) is 4.70. The van der Waals surface area contributed by atoms with Crippen molar-refractivity contribution in [2.24, 2.45) is 4.99 Å². The molecule has 1 aromatic carbocycles. The molecule has 1 aliphatic heterocycles. The van der Waals surface area contributed by atoms with E-state index in [0.717, 1.165) is 37.3 Å². The van der Waals surface area contributed by atoms with Crippen molar-refractivity contribution in [2.75, 3.05) is 11.9 Å². The van der Waals surface area contributed by atoms with Gasteiger partial charge in [0.2, 0.25) is 0 Å². The van der Waals surface area contributed by atoms with Crippen LogP contribution in [0, 0.1) is 0 Å². The van der Waals surface area contributed by atoms with Crippen LogP contribution >= 0.6 is 0 Å². The first-order valence-corrected chi connectivity index (χ1v) is 9.40. The van der Waals surface area contributed by atoms with Crippen LogP contribution in [-0.4, -0.2) is 17.2 Å². The Labute approximate surface area is 155 Å². The molecule has 0 amide bonds. The zero-order valence-corrected chi connectivity index (χ0v) is 15.5. The van der Waals surface area contributed by atoms with Gasteiger partial charge in [0, 0.05) is 24.0 Å². The van der Waals surface area contributed by atoms with E-state index < -0.39 is 0 Å². The number of dihydropyridines is 1. The summed E-state index contributed by atoms with van der Waals surface area (Å²) in [7, 11) is 0. The number of benzene rings is 1. The van der Waals surface area contributed by atoms with Gasteiger partial charge in [-0.15, -0.1) is 0 Å². The van der Waals surface area contributed by atoms with Gasteiger partial charge in [0.15, 0.2) is 0 Å². The smallest absolute Gasteiger partial charge is 0.134 e. The highest BCUT2D eigenvalue weighted by atomic mass is 15.0. The zero-order valence-electron chi connectivity index (χ0n) is 15.5. The Morgan fingerprint density at radius 2 is 1.92 bits per heavy atom. The lowest BCUT2D eigenvalue weighted by molar-refractivity contribution is 0.728. The van der Waals surface area contributed by atoms with Crippen molar-refractivity contribution < 1.29 is 0 Å². The number of aromatic nitrogens is 1. The summed E-state index contributed by atoms with van der Waals surface area (Å²) in [6.07, 6.45) is 9.74. The quantitative estimate of drug-likeness (QED) is 0.810. The highest BCUT2D eigenvalue weighted by Gasteiger charge is 2.18. The van der Waals surface area contributed by atoms with E-state index in [-0.39, 0.29) is 6.04 Å². The van der Waals surface area contributed by atoms with Gasteiger partial charge < -0.3 is 5.32 Å². The number of allylic oxidation sites excluding steroid dienone is 2. The highest BCUT2D eigenvalue weighted by Crippen LogP contribution is 2.31. The Morgan fingerprint density at radius 1 is 1.08 bits per heavy atom. The monoisotopic (exact) mass is 343 g/mol. The Hall–Kier alpha value is -2.68. The molecule has 4 rings (SSSR count). The normalized spacial score (nSPS) is 19.2. The second-order valence-corrected chi connectivity index (χ2v) is 7.08. The Morgan fingerprint density at radius 3 is 2.73 bits per heavy atom. The molecule has 2 aliphatic rings. The summed E-state index contributed by atoms with van der Waals surface area (Å²) in [5.41, 5.74) is 7.69. The van der Waals surface area contributed by atoms with E-state index in [2.05, 4.69) is 72.7 Å². The molecule has 1 atom stereocenters. The standard InChI is InChI=1S/C23H25N3/c1-16-7-6-10-19-13-14-24-23(22(16)19)25-15-20-11-12-21(26-17(20)2)18-8-4-3-5-9-18/h3-5,7-9,11,13-14,21H,6,10,12,15H2,1-2H3,(H,24,25). The van der Waals surface area contributed by atoms with Crippen molar-refractivity contribution in [3.05, 3.63) is 77.0 Å². The minimum Gasteiger partial charge on any atom is -0.365 e. The van der Waals surface area contributed by atoms with Crippen LogP contribution in [0.1, 0.15) is 49.4 Å². The maximum Gasteiger partial charge on any atom is 0.134 e. The number of anilines is 1. The van der Waals surface area contributed by atoms with Crippen molar-refractivity contribution in [3.8, 4) is 0 Å². The molecule has 2 heterocycles. The lowest BCUT2D eigenvalue weighted by Gasteiger charge is -2.22. The Bertz CT molecular complexity index is 891. The van der Waals surface area contributed by atoms with E-state index in [1.54, 1.807) is 0 Å². The number of pyridine rings is 1. The van der Waals surface area contributed by atoms with E-state index in [1.165, 1.54) is 27.8 Å². The summed E-state index contributed by atoms with van der Waals surface area (Å²) < 4.78 is 0. The molecule has 0 saturated carbocycles. The van der Waals surface area contributed by atoms with Crippen LogP contribution in [0.15, 0.2) is 65.3 Å². The predicted octanol–water partition coefficient (Wildman–Crippen LogP) is 5.38. The molecule has 3 heteroatoms. The molecule has 1 aromatic heterocycles. The van der Waals surface area contributed by atoms with E-state index >= 15 is 0 Å². The molecule has 0 radical (unpaired) electrons. The number of rotatable bonds is 4. The van der Waals surface area contributed by atoms with Gasteiger partial charge in [0.25, 0.3) is 0 Å². The fourth-order valence-electron chi connectivity index (χ4n) is 3.87. The fourth-order valence-corrected chi connectivity index (χ4v) is 3.87. The third kappa shape index (κ3) is 3.34. The highest BCUT2D eigenvalue weighted by molar-refractivity contribution is 5.99. The maximum absolute atomic E-state index is 4.93. The number of nitrogens with one attached hydrogen (secondary N) is 1. The van der Waals surface area contributed by atoms with Crippen LogP contribution in [0.5, 0.6) is 0 Å². The zero-order chi connectivity index (χ0) is 17.9. The minimum absolute atomic E-state index is 0.243. The van der Waals surface area contributed by atoms with Gasteiger partial charge in [0.1, 0.15) is 5.82 Å². The largest absolute Gasteiger partial charge is 0.365 e. The summed E-state index contributed by atoms with van der Waals surface area (Å²) in [5.74, 6) is 0.995. The van der Waals surface area contributed by atoms with Gasteiger partial charge in [-0.05, 0) is 61.4 Å². The van der Waals surface area contributed by atoms with Crippen LogP contribution < -0.4 is 5.32 Å². The maximum atomic E-state index is 4.93. The summed E-state index contributed by atoms with van der Waals surface area (Å²) in [6, 6.07) is 12.9. The fraction of sp³-hybridized carbons (Fsp3) is 0.304. The molecular weight excluding hydrogens is 318 g/mol. The average molecular weight is 343 g/mol. The van der Waals surface area contributed by atoms with Crippen LogP contribution in [0.3, 0.4) is 0 Å². The molecular formula is C23H25N3. The van der Waals surface area contributed by atoms with Gasteiger partial charge in [-0.2, -0.15) is 0 Å². The van der Waals surface area contributed by atoms with Crippen LogP contribution in [0.25, 0.3) is 5.57 Å². The lowest BCUT2D eigenvalue weighted by Crippen LogP contribution is -2.17. The topological polar surface area (TPSA) is 37.3 Å². The van der Waals surface area contributed by atoms with Crippen molar-refractivity contribution in [2.45, 2.75) is 39.2 Å². The average Bonchev–Trinajstić information content (AvgIpc) is 2.68. The number of aryl methyl sites for hydroxylation is 1. The predicted molar refractivity (Wildman–Crippen MR) is 110 cm³/mol. The van der Waals surface area contributed by atoms with Gasteiger partial charge in [-0.1, -0.05) is 42.5 Å². The van der Waals surface area contributed by atoms with Gasteiger partial charge >= 0.3 is 0 Å². The lowest BCUT2D eigenvalue weighted by atomic mass is 9.92. The molecule has 2 aromatic rings. The number of nitrogens with zero attached hydrogens (tertiary/aromatic N) is 2. The number of aliphatic imine (C=N–C) groups is 1. The van der Waals surface area contributed by atoms with Crippen molar-refractivity contribution >= 4 is 17.1 Å². The van der Waals surface area contributed by atoms with E-state index in [4.69, 9.17) is 4.99 Å². The first kappa shape index (κ1) is 16.8. The number of hydrogen-bond donors (Lipinski definition) is 1. The molecule has 0 bridgehead atoms. The van der Waals surface area contributed by atoms with Crippen LogP contribution in [-0.2, 0) is 6.42 Å². The first-order valence-electron chi connectivity index (χ1n) is 9.40. The van der Waals surface area contributed by atoms with Crippen LogP contribution in [0.4, 0.5) is 5.82 Å². The second kappa shape index (κ2) is 7.28. The second-order valence-electron chi connectivity index (χ2n) is 7.08. The summed E-state index contributed by atoms with van der Waals surface area (Å²) in [6.45, 7) is 5.07. The third-order valence-corrected chi connectivity index (χ3v) is 5.33. The summed E-state index contributed by atoms with van der Waals surface area (Å²) in [4.78, 5) is 9.52. The molecule has 1 aliphatic carbocycles. The van der Waals surface area contributed by atoms with Crippen molar-refractivity contribution in [1.82, 2.24) is 4.98 Å². The number of hydrogen-bond acceptors (Lipinski definition) is 3. The van der Waals surface area contributed by atoms with Gasteiger partial charge in [-0.3, -0.25) is 4.99 Å². The molecule has 1 unspecified atom stereocenters. The van der Waals surface area contributed by atoms with Gasteiger partial charge in [0.05, 0.1) is 6.04 Å². The Balaban J connectivity index is 1.48. The van der Waals surface area contributed by atoms with Gasteiger partial charge in [-0.25, -0.2) is 4.98 Å². The molecule has 1 N–H and O–H groups in total. The number of fused-ring (bicyclic) bond motifs is 1. The minimum atomic E-state index is 0.243. The molecule has 0 spiro atoms. The molecule has 132 valence electrons. The molecule has 3 nitrogen and oxygen atoms in total. The van der Waals surface area contributed by atoms with Crippen molar-refractivity contribution in [1.29, 1.82) is 0 Å².